The van der Waals surface area contributed by atoms with Crippen LogP contribution in [0.15, 0.2) is 24.3 Å². The molecule has 0 bridgehead atoms. The van der Waals surface area contributed by atoms with E-state index in [1.807, 2.05) is 23.1 Å². The van der Waals surface area contributed by atoms with Crippen molar-refractivity contribution < 1.29 is 19.1 Å². The summed E-state index contributed by atoms with van der Waals surface area (Å²) >= 11 is 6.10. The number of benzene rings is 1. The van der Waals surface area contributed by atoms with Crippen LogP contribution >= 0.6 is 11.6 Å². The maximum absolute atomic E-state index is 12.7. The lowest BCUT2D eigenvalue weighted by atomic mass is 9.98. The summed E-state index contributed by atoms with van der Waals surface area (Å²) in [5.41, 5.74) is -0.711. The predicted molar refractivity (Wildman–Crippen MR) is 116 cm³/mol. The van der Waals surface area contributed by atoms with Gasteiger partial charge >= 0.3 is 6.03 Å². The molecule has 0 atom stereocenters. The number of halogens is 1. The third-order valence-corrected chi connectivity index (χ3v) is 6.79. The Bertz CT molecular complexity index is 835. The van der Waals surface area contributed by atoms with Gasteiger partial charge in [0.25, 0.3) is 5.91 Å². The second kappa shape index (κ2) is 9.44. The molecule has 1 aromatic rings. The van der Waals surface area contributed by atoms with Crippen LogP contribution in [-0.4, -0.2) is 84.0 Å². The van der Waals surface area contributed by atoms with Crippen molar-refractivity contribution in [3.8, 4) is 5.75 Å². The zero-order valence-electron chi connectivity index (χ0n) is 17.6. The molecule has 1 N–H and O–H groups in total. The zero-order valence-corrected chi connectivity index (χ0v) is 18.4. The minimum absolute atomic E-state index is 0.0139. The van der Waals surface area contributed by atoms with Crippen molar-refractivity contribution in [2.75, 3.05) is 45.9 Å². The molecule has 2 heterocycles. The molecule has 0 radical (unpaired) electrons. The molecule has 3 fully saturated rings. The van der Waals surface area contributed by atoms with Crippen molar-refractivity contribution in [3.05, 3.63) is 29.3 Å². The number of rotatable bonds is 7. The van der Waals surface area contributed by atoms with Gasteiger partial charge in [-0.25, -0.2) is 4.79 Å². The van der Waals surface area contributed by atoms with Crippen LogP contribution in [0.2, 0.25) is 5.02 Å². The maximum atomic E-state index is 12.7. The Balaban J connectivity index is 1.17. The first-order valence-electron chi connectivity index (χ1n) is 11.0. The standard InChI is InChI=1S/C22H29ClN4O4/c23-17-5-1-2-6-18(17)31-16-15-25-11-13-26(14-12-25)19(28)7-10-27-20(29)22(24-21(27)30)8-3-4-9-22/h1-2,5-6H,3-4,7-16H2,(H,24,30). The number of carbonyl (C=O) groups is 3. The van der Waals surface area contributed by atoms with Gasteiger partial charge in [-0.05, 0) is 25.0 Å². The SMILES string of the molecule is O=C(CCN1C(=O)NC2(CCCC2)C1=O)N1CCN(CCOc2ccccc2Cl)CC1. The quantitative estimate of drug-likeness (QED) is 0.646. The largest absolute Gasteiger partial charge is 0.491 e. The van der Waals surface area contributed by atoms with Crippen molar-refractivity contribution in [3.63, 3.8) is 0 Å². The summed E-state index contributed by atoms with van der Waals surface area (Å²) in [5, 5.41) is 3.46. The smallest absolute Gasteiger partial charge is 0.325 e. The lowest BCUT2D eigenvalue weighted by Crippen LogP contribution is -2.50. The summed E-state index contributed by atoms with van der Waals surface area (Å²) in [6, 6.07) is 7.04. The number of imide groups is 1. The number of nitrogens with zero attached hydrogens (tertiary/aromatic N) is 3. The van der Waals surface area contributed by atoms with E-state index in [0.717, 1.165) is 32.5 Å². The summed E-state index contributed by atoms with van der Waals surface area (Å²) in [5.74, 6) is 0.504. The van der Waals surface area contributed by atoms with E-state index in [2.05, 4.69) is 10.2 Å². The molecule has 9 heteroatoms. The Labute approximate surface area is 187 Å². The number of carbonyl (C=O) groups excluding carboxylic acids is 3. The first kappa shape index (κ1) is 21.9. The summed E-state index contributed by atoms with van der Waals surface area (Å²) in [6.45, 7) is 4.25. The van der Waals surface area contributed by atoms with Gasteiger partial charge in [-0.1, -0.05) is 36.6 Å². The number of piperazine rings is 1. The monoisotopic (exact) mass is 448 g/mol. The number of hydrogen-bond donors (Lipinski definition) is 1. The highest BCUT2D eigenvalue weighted by Gasteiger charge is 2.52. The van der Waals surface area contributed by atoms with E-state index in [9.17, 15) is 14.4 Å². The molecule has 0 aromatic heterocycles. The first-order valence-corrected chi connectivity index (χ1v) is 11.4. The fourth-order valence-electron chi connectivity index (χ4n) is 4.63. The molecule has 2 aliphatic heterocycles. The number of para-hydroxylation sites is 1. The maximum Gasteiger partial charge on any atom is 0.325 e. The van der Waals surface area contributed by atoms with Crippen LogP contribution in [0.25, 0.3) is 0 Å². The number of amides is 4. The predicted octanol–water partition coefficient (Wildman–Crippen LogP) is 2.12. The third kappa shape index (κ3) is 4.80. The molecule has 3 aliphatic rings. The Morgan fingerprint density at radius 1 is 1.06 bits per heavy atom. The highest BCUT2D eigenvalue weighted by Crippen LogP contribution is 2.35. The lowest BCUT2D eigenvalue weighted by Gasteiger charge is -2.34. The molecule has 0 unspecified atom stereocenters. The summed E-state index contributed by atoms with van der Waals surface area (Å²) in [4.78, 5) is 42.8. The van der Waals surface area contributed by atoms with Gasteiger partial charge in [0.15, 0.2) is 0 Å². The Morgan fingerprint density at radius 2 is 1.77 bits per heavy atom. The number of hydrogen-bond acceptors (Lipinski definition) is 5. The zero-order chi connectivity index (χ0) is 21.8. The van der Waals surface area contributed by atoms with E-state index in [1.165, 1.54) is 4.90 Å². The molecule has 2 saturated heterocycles. The van der Waals surface area contributed by atoms with Crippen LogP contribution < -0.4 is 10.1 Å². The van der Waals surface area contributed by atoms with E-state index < -0.39 is 5.54 Å². The molecule has 168 valence electrons. The van der Waals surface area contributed by atoms with Gasteiger partial charge in [-0.3, -0.25) is 19.4 Å². The molecular weight excluding hydrogens is 420 g/mol. The third-order valence-electron chi connectivity index (χ3n) is 6.48. The fraction of sp³-hybridized carbons (Fsp3) is 0.591. The van der Waals surface area contributed by atoms with Crippen molar-refractivity contribution >= 4 is 29.4 Å². The molecule has 1 aromatic carbocycles. The van der Waals surface area contributed by atoms with Gasteiger partial charge < -0.3 is 15.0 Å². The van der Waals surface area contributed by atoms with E-state index >= 15 is 0 Å². The molecule has 1 aliphatic carbocycles. The van der Waals surface area contributed by atoms with Gasteiger partial charge in [0.2, 0.25) is 5.91 Å². The van der Waals surface area contributed by atoms with Gasteiger partial charge in [-0.2, -0.15) is 0 Å². The summed E-state index contributed by atoms with van der Waals surface area (Å²) in [7, 11) is 0. The average Bonchev–Trinajstić information content (AvgIpc) is 3.33. The Morgan fingerprint density at radius 3 is 2.48 bits per heavy atom. The second-order valence-electron chi connectivity index (χ2n) is 8.43. The van der Waals surface area contributed by atoms with Crippen LogP contribution in [0.1, 0.15) is 32.1 Å². The van der Waals surface area contributed by atoms with Crippen molar-refractivity contribution in [2.45, 2.75) is 37.6 Å². The second-order valence-corrected chi connectivity index (χ2v) is 8.83. The van der Waals surface area contributed by atoms with Crippen LogP contribution in [-0.2, 0) is 9.59 Å². The fourth-order valence-corrected chi connectivity index (χ4v) is 4.82. The van der Waals surface area contributed by atoms with Crippen molar-refractivity contribution in [1.82, 2.24) is 20.0 Å². The van der Waals surface area contributed by atoms with Gasteiger partial charge in [0.1, 0.15) is 17.9 Å². The molecule has 31 heavy (non-hydrogen) atoms. The number of urea groups is 1. The van der Waals surface area contributed by atoms with Crippen LogP contribution in [0, 0.1) is 0 Å². The Kier molecular flexibility index (Phi) is 6.67. The minimum Gasteiger partial charge on any atom is -0.491 e. The lowest BCUT2D eigenvalue weighted by molar-refractivity contribution is -0.134. The highest BCUT2D eigenvalue weighted by atomic mass is 35.5. The summed E-state index contributed by atoms with van der Waals surface area (Å²) < 4.78 is 5.74. The molecular formula is C22H29ClN4O4. The van der Waals surface area contributed by atoms with Gasteiger partial charge in [0, 0.05) is 45.7 Å². The van der Waals surface area contributed by atoms with E-state index in [0.29, 0.717) is 43.3 Å². The first-order chi connectivity index (χ1) is 15.0. The normalized spacial score (nSPS) is 21.1. The van der Waals surface area contributed by atoms with E-state index in [1.54, 1.807) is 6.07 Å². The van der Waals surface area contributed by atoms with Crippen LogP contribution in [0.5, 0.6) is 5.75 Å². The van der Waals surface area contributed by atoms with E-state index in [-0.39, 0.29) is 30.8 Å². The minimum atomic E-state index is -0.711. The molecule has 1 saturated carbocycles. The van der Waals surface area contributed by atoms with Gasteiger partial charge in [-0.15, -0.1) is 0 Å². The molecule has 4 amide bonds. The molecule has 1 spiro atoms. The van der Waals surface area contributed by atoms with Crippen molar-refractivity contribution in [1.29, 1.82) is 0 Å². The average molecular weight is 449 g/mol. The van der Waals surface area contributed by atoms with Crippen LogP contribution in [0.3, 0.4) is 0 Å². The van der Waals surface area contributed by atoms with E-state index in [4.69, 9.17) is 16.3 Å². The number of ether oxygens (including phenoxy) is 1. The molecule has 4 rings (SSSR count). The van der Waals surface area contributed by atoms with Crippen LogP contribution in [0.4, 0.5) is 4.79 Å². The topological polar surface area (TPSA) is 82.2 Å². The van der Waals surface area contributed by atoms with Crippen molar-refractivity contribution in [2.24, 2.45) is 0 Å². The molecule has 8 nitrogen and oxygen atoms in total. The van der Waals surface area contributed by atoms with Gasteiger partial charge in [0.05, 0.1) is 5.02 Å². The summed E-state index contributed by atoms with van der Waals surface area (Å²) in [6.07, 6.45) is 3.47. The highest BCUT2D eigenvalue weighted by molar-refractivity contribution is 6.32. The number of nitrogens with one attached hydrogen (secondary N) is 1. The Hall–Kier alpha value is -2.32.